The summed E-state index contributed by atoms with van der Waals surface area (Å²) < 4.78 is 5.09. The topological polar surface area (TPSA) is 95.9 Å². The minimum absolute atomic E-state index is 0.111. The predicted molar refractivity (Wildman–Crippen MR) is 102 cm³/mol. The van der Waals surface area contributed by atoms with Gasteiger partial charge in [0.15, 0.2) is 6.61 Å². The van der Waals surface area contributed by atoms with E-state index in [2.05, 4.69) is 5.32 Å². The summed E-state index contributed by atoms with van der Waals surface area (Å²) >= 11 is 0. The van der Waals surface area contributed by atoms with Crippen molar-refractivity contribution in [1.82, 2.24) is 10.2 Å². The Kier molecular flexibility index (Phi) is 5.93. The fourth-order valence-electron chi connectivity index (χ4n) is 2.66. The molecule has 7 nitrogen and oxygen atoms in total. The molecule has 3 rings (SSSR count). The Balaban J connectivity index is 1.56. The van der Waals surface area contributed by atoms with E-state index >= 15 is 0 Å². The van der Waals surface area contributed by atoms with Crippen LogP contribution in [0.5, 0.6) is 5.75 Å². The van der Waals surface area contributed by atoms with Crippen molar-refractivity contribution < 1.29 is 24.2 Å². The monoisotopic (exact) mass is 382 g/mol. The van der Waals surface area contributed by atoms with Crippen LogP contribution in [0.4, 0.5) is 0 Å². The molecular formula is C21H22N2O5. The van der Waals surface area contributed by atoms with Gasteiger partial charge in [-0.05, 0) is 54.8 Å². The molecule has 2 aromatic carbocycles. The van der Waals surface area contributed by atoms with Gasteiger partial charge in [-0.1, -0.05) is 12.1 Å². The number of aliphatic carboxylic acids is 1. The summed E-state index contributed by atoms with van der Waals surface area (Å²) in [5, 5.41) is 11.5. The molecule has 0 bridgehead atoms. The number of carboxylic acid groups (broad SMARTS) is 1. The van der Waals surface area contributed by atoms with E-state index in [0.29, 0.717) is 29.5 Å². The molecule has 2 amide bonds. The summed E-state index contributed by atoms with van der Waals surface area (Å²) in [6, 6.07) is 13.8. The first-order chi connectivity index (χ1) is 13.4. The van der Waals surface area contributed by atoms with E-state index in [1.54, 1.807) is 60.5 Å². The van der Waals surface area contributed by atoms with Crippen LogP contribution in [0.3, 0.4) is 0 Å². The van der Waals surface area contributed by atoms with Crippen molar-refractivity contribution in [3.8, 4) is 5.75 Å². The Morgan fingerprint density at radius 1 is 1.04 bits per heavy atom. The van der Waals surface area contributed by atoms with Crippen molar-refractivity contribution in [2.45, 2.75) is 25.4 Å². The number of amides is 2. The van der Waals surface area contributed by atoms with Crippen molar-refractivity contribution in [1.29, 1.82) is 0 Å². The Morgan fingerprint density at radius 3 is 2.21 bits per heavy atom. The van der Waals surface area contributed by atoms with Crippen molar-refractivity contribution in [3.05, 3.63) is 65.2 Å². The molecule has 0 spiro atoms. The number of hydrogen-bond donors (Lipinski definition) is 2. The predicted octanol–water partition coefficient (Wildman–Crippen LogP) is 2.31. The number of carbonyl (C=O) groups is 3. The highest BCUT2D eigenvalue weighted by Crippen LogP contribution is 2.19. The van der Waals surface area contributed by atoms with E-state index in [1.807, 2.05) is 0 Å². The molecule has 1 saturated carbocycles. The lowest BCUT2D eigenvalue weighted by molar-refractivity contribution is -0.139. The summed E-state index contributed by atoms with van der Waals surface area (Å²) in [6.07, 6.45) is 2.06. The SMILES string of the molecule is CN(Cc1ccc(OCC(=O)O)cc1)C(=O)c1ccc(C(=O)NC2CC2)cc1. The van der Waals surface area contributed by atoms with Gasteiger partial charge in [-0.25, -0.2) is 4.79 Å². The number of ether oxygens (including phenoxy) is 1. The van der Waals surface area contributed by atoms with Crippen molar-refractivity contribution in [2.75, 3.05) is 13.7 Å². The molecule has 0 aromatic heterocycles. The third kappa shape index (κ3) is 5.33. The Hall–Kier alpha value is -3.35. The van der Waals surface area contributed by atoms with E-state index in [9.17, 15) is 14.4 Å². The Bertz CT molecular complexity index is 857. The van der Waals surface area contributed by atoms with E-state index < -0.39 is 12.6 Å². The molecule has 146 valence electrons. The first-order valence-electron chi connectivity index (χ1n) is 9.02. The van der Waals surface area contributed by atoms with Crippen molar-refractivity contribution in [3.63, 3.8) is 0 Å². The van der Waals surface area contributed by atoms with E-state index in [-0.39, 0.29) is 11.8 Å². The molecule has 0 heterocycles. The minimum Gasteiger partial charge on any atom is -0.482 e. The van der Waals surface area contributed by atoms with Crippen LogP contribution in [-0.2, 0) is 11.3 Å². The Morgan fingerprint density at radius 2 is 1.64 bits per heavy atom. The molecule has 7 heteroatoms. The van der Waals surface area contributed by atoms with Crippen LogP contribution >= 0.6 is 0 Å². The lowest BCUT2D eigenvalue weighted by Crippen LogP contribution is -2.27. The third-order valence-corrected chi connectivity index (χ3v) is 4.36. The average molecular weight is 382 g/mol. The second-order valence-electron chi connectivity index (χ2n) is 6.81. The van der Waals surface area contributed by atoms with Crippen LogP contribution in [0, 0.1) is 0 Å². The second kappa shape index (κ2) is 8.56. The van der Waals surface area contributed by atoms with E-state index in [4.69, 9.17) is 9.84 Å². The van der Waals surface area contributed by atoms with Gasteiger partial charge >= 0.3 is 5.97 Å². The van der Waals surface area contributed by atoms with Crippen LogP contribution in [0.2, 0.25) is 0 Å². The standard InChI is InChI=1S/C21H22N2O5/c1-23(12-14-2-10-18(11-3-14)28-13-19(24)25)21(27)16-6-4-15(5-7-16)20(26)22-17-8-9-17/h2-7,10-11,17H,8-9,12-13H2,1H3,(H,22,26)(H,24,25). The van der Waals surface area contributed by atoms with Gasteiger partial charge in [0.1, 0.15) is 5.75 Å². The summed E-state index contributed by atoms with van der Waals surface area (Å²) in [7, 11) is 1.70. The first-order valence-corrected chi connectivity index (χ1v) is 9.02. The lowest BCUT2D eigenvalue weighted by atomic mass is 10.1. The third-order valence-electron chi connectivity index (χ3n) is 4.36. The molecule has 0 unspecified atom stereocenters. The molecule has 0 saturated heterocycles. The molecule has 0 atom stereocenters. The molecule has 2 N–H and O–H groups in total. The van der Waals surface area contributed by atoms with Crippen LogP contribution in [-0.4, -0.2) is 47.5 Å². The molecule has 0 aliphatic heterocycles. The lowest BCUT2D eigenvalue weighted by Gasteiger charge is -2.18. The summed E-state index contributed by atoms with van der Waals surface area (Å²) in [5.74, 6) is -0.842. The largest absolute Gasteiger partial charge is 0.482 e. The summed E-state index contributed by atoms with van der Waals surface area (Å²) in [5.41, 5.74) is 1.94. The normalized spacial score (nSPS) is 12.9. The zero-order valence-corrected chi connectivity index (χ0v) is 15.6. The fourth-order valence-corrected chi connectivity index (χ4v) is 2.66. The highest BCUT2D eigenvalue weighted by molar-refractivity contribution is 5.97. The van der Waals surface area contributed by atoms with Crippen LogP contribution in [0.1, 0.15) is 39.1 Å². The average Bonchev–Trinajstić information content (AvgIpc) is 3.51. The van der Waals surface area contributed by atoms with E-state index in [0.717, 1.165) is 18.4 Å². The van der Waals surface area contributed by atoms with Gasteiger partial charge in [-0.2, -0.15) is 0 Å². The molecule has 2 aromatic rings. The molecule has 1 aliphatic rings. The highest BCUT2D eigenvalue weighted by Gasteiger charge is 2.23. The number of carbonyl (C=O) groups excluding carboxylic acids is 2. The summed E-state index contributed by atoms with van der Waals surface area (Å²) in [4.78, 5) is 36.7. The molecule has 1 aliphatic carbocycles. The molecule has 1 fully saturated rings. The number of carboxylic acids is 1. The highest BCUT2D eigenvalue weighted by atomic mass is 16.5. The smallest absolute Gasteiger partial charge is 0.341 e. The van der Waals surface area contributed by atoms with Crippen LogP contribution in [0.25, 0.3) is 0 Å². The minimum atomic E-state index is -1.04. The molecule has 28 heavy (non-hydrogen) atoms. The van der Waals surface area contributed by atoms with Gasteiger partial charge in [0, 0.05) is 30.8 Å². The fraction of sp³-hybridized carbons (Fsp3) is 0.286. The number of nitrogens with zero attached hydrogens (tertiary/aromatic N) is 1. The Labute approximate surface area is 162 Å². The van der Waals surface area contributed by atoms with Gasteiger partial charge < -0.3 is 20.1 Å². The van der Waals surface area contributed by atoms with Crippen LogP contribution in [0.15, 0.2) is 48.5 Å². The summed E-state index contributed by atoms with van der Waals surface area (Å²) in [6.45, 7) is -0.00558. The van der Waals surface area contributed by atoms with Gasteiger partial charge in [0.25, 0.3) is 11.8 Å². The zero-order chi connectivity index (χ0) is 20.1. The molecular weight excluding hydrogens is 360 g/mol. The van der Waals surface area contributed by atoms with Gasteiger partial charge in [-0.15, -0.1) is 0 Å². The maximum Gasteiger partial charge on any atom is 0.341 e. The second-order valence-corrected chi connectivity index (χ2v) is 6.81. The number of benzene rings is 2. The maximum atomic E-state index is 12.6. The first kappa shape index (κ1) is 19.4. The number of rotatable bonds is 8. The quantitative estimate of drug-likeness (QED) is 0.730. The molecule has 0 radical (unpaired) electrons. The van der Waals surface area contributed by atoms with Crippen LogP contribution < -0.4 is 10.1 Å². The van der Waals surface area contributed by atoms with Gasteiger partial charge in [0.05, 0.1) is 0 Å². The van der Waals surface area contributed by atoms with Gasteiger partial charge in [0.2, 0.25) is 0 Å². The van der Waals surface area contributed by atoms with E-state index in [1.165, 1.54) is 0 Å². The van der Waals surface area contributed by atoms with Crippen molar-refractivity contribution >= 4 is 17.8 Å². The maximum absolute atomic E-state index is 12.6. The van der Waals surface area contributed by atoms with Gasteiger partial charge in [-0.3, -0.25) is 9.59 Å². The number of nitrogens with one attached hydrogen (secondary N) is 1. The van der Waals surface area contributed by atoms with Crippen molar-refractivity contribution in [2.24, 2.45) is 0 Å². The number of hydrogen-bond acceptors (Lipinski definition) is 4. The zero-order valence-electron chi connectivity index (χ0n) is 15.6.